The smallest absolute Gasteiger partial charge is 0.413 e. The number of fused-ring (bicyclic) bond motifs is 1. The first kappa shape index (κ1) is 29.5. The first-order valence-electron chi connectivity index (χ1n) is 13.3. The molecule has 0 unspecified atom stereocenters. The van der Waals surface area contributed by atoms with E-state index in [0.717, 1.165) is 18.1 Å². The number of nitrogen functional groups attached to an aromatic ring is 1. The fourth-order valence-electron chi connectivity index (χ4n) is 5.79. The predicted molar refractivity (Wildman–Crippen MR) is 152 cm³/mol. The van der Waals surface area contributed by atoms with E-state index in [9.17, 15) is 9.00 Å². The molecule has 3 rings (SSSR count). The second kappa shape index (κ2) is 9.94. The van der Waals surface area contributed by atoms with Gasteiger partial charge in [-0.25, -0.2) is 22.7 Å². The maximum Gasteiger partial charge on any atom is 0.413 e. The van der Waals surface area contributed by atoms with E-state index in [1.807, 2.05) is 0 Å². The summed E-state index contributed by atoms with van der Waals surface area (Å²) in [7, 11) is -5.20. The Kier molecular flexibility index (Phi) is 7.94. The summed E-state index contributed by atoms with van der Waals surface area (Å²) in [6.07, 6.45) is 0.552. The summed E-state index contributed by atoms with van der Waals surface area (Å²) in [5.74, 6) is -0.0339. The Morgan fingerprint density at radius 3 is 2.38 bits per heavy atom. The molecule has 1 aromatic heterocycles. The number of hydrogen-bond donors (Lipinski definition) is 2. The fraction of sp³-hybridized carbons (Fsp3) is 0.731. The third-order valence-corrected chi connectivity index (χ3v) is 17.5. The lowest BCUT2D eigenvalue weighted by atomic mass is 9.88. The van der Waals surface area contributed by atoms with Gasteiger partial charge in [-0.1, -0.05) is 38.9 Å². The molecule has 3 atom stereocenters. The molecule has 0 aromatic carbocycles. The minimum Gasteiger partial charge on any atom is -0.444 e. The molecule has 0 bridgehead atoms. The van der Waals surface area contributed by atoms with Crippen molar-refractivity contribution in [2.75, 3.05) is 12.3 Å². The standard InChI is InChI=1S/C26H44FN5O3SSi/c1-10-37(11-2,12-3)17-16-19(28)30-21(20(17)27)26(9)18-14-13-15-29-36(18,34)25(7,8)22(32-26)31-23(33)35-24(4,5)6/h16,18H,10-15H2,1-9H3,(H2,28,30)(H,31,32,33)/t18-,26-,36-/m0/s1. The van der Waals surface area contributed by atoms with Crippen molar-refractivity contribution in [1.29, 1.82) is 0 Å². The van der Waals surface area contributed by atoms with Gasteiger partial charge in [-0.2, -0.15) is 0 Å². The molecule has 37 heavy (non-hydrogen) atoms. The molecule has 11 heteroatoms. The van der Waals surface area contributed by atoms with Gasteiger partial charge < -0.3 is 10.5 Å². The van der Waals surface area contributed by atoms with Crippen molar-refractivity contribution < 1.29 is 18.1 Å². The zero-order chi connectivity index (χ0) is 28.0. The van der Waals surface area contributed by atoms with Gasteiger partial charge in [-0.15, -0.1) is 0 Å². The molecular weight excluding hydrogens is 509 g/mol. The number of carbonyl (C=O) groups is 1. The van der Waals surface area contributed by atoms with E-state index >= 15 is 4.39 Å². The summed E-state index contributed by atoms with van der Waals surface area (Å²) in [5.41, 5.74) is 4.31. The topological polar surface area (TPSA) is 119 Å². The van der Waals surface area contributed by atoms with E-state index in [1.54, 1.807) is 47.6 Å². The lowest BCUT2D eigenvalue weighted by Crippen LogP contribution is -2.63. The van der Waals surface area contributed by atoms with Crippen LogP contribution >= 0.6 is 0 Å². The van der Waals surface area contributed by atoms with Crippen molar-refractivity contribution in [3.63, 3.8) is 0 Å². The predicted octanol–water partition coefficient (Wildman–Crippen LogP) is 5.08. The van der Waals surface area contributed by atoms with E-state index < -0.39 is 50.9 Å². The number of alkyl carbamates (subject to hydrolysis) is 1. The molecule has 0 saturated carbocycles. The summed E-state index contributed by atoms with van der Waals surface area (Å²) >= 11 is 0. The zero-order valence-corrected chi connectivity index (χ0v) is 25.6. The van der Waals surface area contributed by atoms with Gasteiger partial charge in [0.15, 0.2) is 0 Å². The molecule has 2 aliphatic heterocycles. The van der Waals surface area contributed by atoms with E-state index in [1.165, 1.54) is 0 Å². The van der Waals surface area contributed by atoms with E-state index in [4.69, 9.17) is 15.5 Å². The van der Waals surface area contributed by atoms with Crippen molar-refractivity contribution in [2.45, 2.75) is 114 Å². The molecule has 0 spiro atoms. The monoisotopic (exact) mass is 553 g/mol. The highest BCUT2D eigenvalue weighted by atomic mass is 32.2. The average molecular weight is 554 g/mol. The number of pyridine rings is 1. The Morgan fingerprint density at radius 1 is 1.24 bits per heavy atom. The molecule has 0 fully saturated rings. The van der Waals surface area contributed by atoms with Crippen LogP contribution in [0.15, 0.2) is 15.4 Å². The Labute approximate surface area is 222 Å². The van der Waals surface area contributed by atoms with Crippen molar-refractivity contribution in [3.05, 3.63) is 17.6 Å². The van der Waals surface area contributed by atoms with Crippen molar-refractivity contribution >= 4 is 40.7 Å². The van der Waals surface area contributed by atoms with Crippen molar-refractivity contribution in [1.82, 2.24) is 10.3 Å². The second-order valence-corrected chi connectivity index (χ2v) is 20.1. The molecule has 1 amide bonds. The quantitative estimate of drug-likeness (QED) is 0.493. The zero-order valence-electron chi connectivity index (χ0n) is 23.8. The third-order valence-electron chi connectivity index (χ3n) is 8.24. The molecule has 208 valence electrons. The molecule has 0 saturated heterocycles. The van der Waals surface area contributed by atoms with Crippen LogP contribution in [0.1, 0.15) is 80.8 Å². The minimum absolute atomic E-state index is 0.0866. The summed E-state index contributed by atoms with van der Waals surface area (Å²) in [6.45, 7) is 17.3. The highest BCUT2D eigenvalue weighted by Gasteiger charge is 2.58. The Morgan fingerprint density at radius 2 is 1.84 bits per heavy atom. The SMILES string of the molecule is CC[Si](CC)(CC)c1cc(N)nc([C@@]2(C)N=C(NC(=O)OC(C)(C)C)C(C)(C)[S@]3(=O)=NCCC[C@@H]23)c1F. The summed E-state index contributed by atoms with van der Waals surface area (Å²) in [6, 6.07) is 4.29. The summed E-state index contributed by atoms with van der Waals surface area (Å²) < 4.78 is 40.4. The third kappa shape index (κ3) is 4.93. The number of rotatable bonds is 5. The van der Waals surface area contributed by atoms with Crippen LogP contribution < -0.4 is 16.2 Å². The number of nitrogens with one attached hydrogen (secondary N) is 1. The van der Waals surface area contributed by atoms with Crippen LogP contribution in [-0.4, -0.2) is 51.3 Å². The molecule has 1 aromatic rings. The van der Waals surface area contributed by atoms with Gasteiger partial charge in [0.1, 0.15) is 39.1 Å². The summed E-state index contributed by atoms with van der Waals surface area (Å²) in [4.78, 5) is 22.3. The number of halogens is 1. The highest BCUT2D eigenvalue weighted by molar-refractivity contribution is 7.96. The molecular formula is C26H44FN5O3SSi. The number of hydrogen-bond acceptors (Lipinski definition) is 7. The van der Waals surface area contributed by atoms with Gasteiger partial charge in [-0.05, 0) is 65.6 Å². The van der Waals surface area contributed by atoms with Gasteiger partial charge in [0.25, 0.3) is 0 Å². The van der Waals surface area contributed by atoms with Crippen LogP contribution in [0.5, 0.6) is 0 Å². The first-order valence-corrected chi connectivity index (χ1v) is 17.5. The largest absolute Gasteiger partial charge is 0.444 e. The number of nitrogens with two attached hydrogens (primary N) is 1. The summed E-state index contributed by atoms with van der Waals surface area (Å²) in [5, 5.41) is 2.79. The lowest BCUT2D eigenvalue weighted by Gasteiger charge is -2.48. The molecule has 2 aliphatic rings. The number of ether oxygens (including phenoxy) is 1. The first-order chi connectivity index (χ1) is 17.0. The number of aliphatic imine (C=N–C) groups is 1. The van der Waals surface area contributed by atoms with Gasteiger partial charge >= 0.3 is 6.09 Å². The Bertz CT molecular complexity index is 1210. The van der Waals surface area contributed by atoms with Crippen LogP contribution in [0.25, 0.3) is 0 Å². The van der Waals surface area contributed by atoms with E-state index in [-0.39, 0.29) is 17.3 Å². The van der Waals surface area contributed by atoms with Gasteiger partial charge in [0.2, 0.25) is 0 Å². The molecule has 3 N–H and O–H groups in total. The van der Waals surface area contributed by atoms with Gasteiger partial charge in [0.05, 0.1) is 23.1 Å². The van der Waals surface area contributed by atoms with E-state index in [0.29, 0.717) is 24.6 Å². The van der Waals surface area contributed by atoms with Crippen molar-refractivity contribution in [3.8, 4) is 0 Å². The van der Waals surface area contributed by atoms with Gasteiger partial charge in [-0.3, -0.25) is 10.3 Å². The fourth-order valence-corrected chi connectivity index (χ4v) is 12.7. The number of carbonyl (C=O) groups excluding carboxylic acids is 1. The molecule has 0 aliphatic carbocycles. The van der Waals surface area contributed by atoms with Gasteiger partial charge in [0, 0.05) is 6.54 Å². The number of nitrogens with zero attached hydrogens (tertiary/aromatic N) is 3. The maximum absolute atomic E-state index is 16.6. The average Bonchev–Trinajstić information content (AvgIpc) is 2.80. The second-order valence-electron chi connectivity index (χ2n) is 11.9. The maximum atomic E-state index is 16.6. The van der Waals surface area contributed by atoms with Crippen LogP contribution in [0.2, 0.25) is 18.1 Å². The molecule has 8 nitrogen and oxygen atoms in total. The van der Waals surface area contributed by atoms with Crippen LogP contribution in [0.3, 0.4) is 0 Å². The minimum atomic E-state index is -3.01. The van der Waals surface area contributed by atoms with Crippen LogP contribution in [0, 0.1) is 5.82 Å². The lowest BCUT2D eigenvalue weighted by molar-refractivity contribution is 0.0560. The highest BCUT2D eigenvalue weighted by Crippen LogP contribution is 2.47. The van der Waals surface area contributed by atoms with E-state index in [2.05, 4.69) is 35.4 Å². The number of amides is 1. The normalized spacial score (nSPS) is 27.5. The molecule has 0 radical (unpaired) electrons. The number of aromatic nitrogens is 1. The van der Waals surface area contributed by atoms with Crippen LogP contribution in [-0.2, 0) is 20.0 Å². The van der Waals surface area contributed by atoms with Crippen molar-refractivity contribution in [2.24, 2.45) is 9.36 Å². The Balaban J connectivity index is 2.33. The molecule has 3 heterocycles. The number of anilines is 1. The number of amidine groups is 1. The van der Waals surface area contributed by atoms with Crippen LogP contribution in [0.4, 0.5) is 15.0 Å². The Hall–Kier alpha value is -2.01.